The normalized spacial score (nSPS) is 12.8. The molecule has 4 rings (SSSR count). The summed E-state index contributed by atoms with van der Waals surface area (Å²) in [7, 11) is 0. The van der Waals surface area contributed by atoms with Gasteiger partial charge in [-0.1, -0.05) is 42.5 Å². The molecule has 0 bridgehead atoms. The zero-order valence-electron chi connectivity index (χ0n) is 15.7. The molecule has 0 aliphatic heterocycles. The van der Waals surface area contributed by atoms with Gasteiger partial charge in [-0.05, 0) is 30.2 Å². The number of fused-ring (bicyclic) bond motifs is 1. The highest BCUT2D eigenvalue weighted by molar-refractivity contribution is 5.77. The number of carbonyl (C=O) groups excluding carboxylic acids is 1. The maximum atomic E-state index is 12.7. The monoisotopic (exact) mass is 413 g/mol. The molecule has 0 aliphatic rings. The molecule has 2 aromatic carbocycles. The van der Waals surface area contributed by atoms with Gasteiger partial charge in [0.05, 0.1) is 17.1 Å². The minimum Gasteiger partial charge on any atom is -0.344 e. The topological polar surface area (TPSA) is 75.6 Å². The quantitative estimate of drug-likeness (QED) is 0.504. The molecule has 154 valence electrons. The first-order chi connectivity index (χ1) is 14.4. The Morgan fingerprint density at radius 3 is 2.50 bits per heavy atom. The first-order valence-corrected chi connectivity index (χ1v) is 9.27. The average Bonchev–Trinajstić information content (AvgIpc) is 3.35. The molecule has 0 saturated heterocycles. The van der Waals surface area contributed by atoms with Crippen LogP contribution in [-0.2, 0) is 23.9 Å². The minimum atomic E-state index is -4.55. The molecule has 1 amide bonds. The SMILES string of the molecule is O=C(Cn1ccc(C(F)(F)F)n1)N[C@@H](Cc1ccccc1)c1nc2ccccc2[nH]1. The fourth-order valence-corrected chi connectivity index (χ4v) is 3.19. The van der Waals surface area contributed by atoms with Crippen LogP contribution >= 0.6 is 0 Å². The molecule has 1 atom stereocenters. The van der Waals surface area contributed by atoms with E-state index in [0.717, 1.165) is 33.5 Å². The maximum absolute atomic E-state index is 12.7. The van der Waals surface area contributed by atoms with Gasteiger partial charge in [-0.2, -0.15) is 18.3 Å². The number of halogens is 3. The van der Waals surface area contributed by atoms with Gasteiger partial charge >= 0.3 is 6.18 Å². The van der Waals surface area contributed by atoms with Crippen molar-refractivity contribution in [1.29, 1.82) is 0 Å². The number of benzene rings is 2. The molecule has 2 heterocycles. The largest absolute Gasteiger partial charge is 0.435 e. The van der Waals surface area contributed by atoms with E-state index in [2.05, 4.69) is 20.4 Å². The fraction of sp³-hybridized carbons (Fsp3) is 0.190. The van der Waals surface area contributed by atoms with E-state index in [4.69, 9.17) is 0 Å². The van der Waals surface area contributed by atoms with Crippen LogP contribution in [0.15, 0.2) is 66.9 Å². The van der Waals surface area contributed by atoms with Gasteiger partial charge in [-0.3, -0.25) is 9.48 Å². The Morgan fingerprint density at radius 1 is 1.07 bits per heavy atom. The van der Waals surface area contributed by atoms with E-state index in [9.17, 15) is 18.0 Å². The van der Waals surface area contributed by atoms with Gasteiger partial charge in [0.15, 0.2) is 5.69 Å². The van der Waals surface area contributed by atoms with E-state index >= 15 is 0 Å². The number of aromatic nitrogens is 4. The van der Waals surface area contributed by atoms with Crippen LogP contribution in [0.5, 0.6) is 0 Å². The molecule has 9 heteroatoms. The summed E-state index contributed by atoms with van der Waals surface area (Å²) in [5, 5.41) is 6.29. The number of para-hydroxylation sites is 2. The first-order valence-electron chi connectivity index (χ1n) is 9.27. The Bertz CT molecular complexity index is 1120. The van der Waals surface area contributed by atoms with Crippen LogP contribution in [-0.4, -0.2) is 25.7 Å². The van der Waals surface area contributed by atoms with E-state index in [1.165, 1.54) is 0 Å². The van der Waals surface area contributed by atoms with Crippen LogP contribution in [0.2, 0.25) is 0 Å². The van der Waals surface area contributed by atoms with Crippen molar-refractivity contribution >= 4 is 16.9 Å². The Labute approximate surface area is 169 Å². The molecule has 0 aliphatic carbocycles. The van der Waals surface area contributed by atoms with Crippen LogP contribution in [0.3, 0.4) is 0 Å². The van der Waals surface area contributed by atoms with Crippen molar-refractivity contribution in [2.24, 2.45) is 0 Å². The number of hydrogen-bond acceptors (Lipinski definition) is 3. The predicted molar refractivity (Wildman–Crippen MR) is 104 cm³/mol. The van der Waals surface area contributed by atoms with Gasteiger partial charge in [0.25, 0.3) is 0 Å². The lowest BCUT2D eigenvalue weighted by atomic mass is 10.1. The average molecular weight is 413 g/mol. The van der Waals surface area contributed by atoms with Crippen LogP contribution in [0, 0.1) is 0 Å². The second-order valence-electron chi connectivity index (χ2n) is 6.85. The number of imidazole rings is 1. The number of carbonyl (C=O) groups is 1. The second-order valence-corrected chi connectivity index (χ2v) is 6.85. The molecule has 30 heavy (non-hydrogen) atoms. The van der Waals surface area contributed by atoms with Crippen molar-refractivity contribution in [3.05, 3.63) is 83.9 Å². The molecule has 6 nitrogen and oxygen atoms in total. The lowest BCUT2D eigenvalue weighted by Gasteiger charge is -2.17. The highest BCUT2D eigenvalue weighted by Gasteiger charge is 2.33. The van der Waals surface area contributed by atoms with Crippen molar-refractivity contribution in [2.45, 2.75) is 25.2 Å². The van der Waals surface area contributed by atoms with Crippen molar-refractivity contribution in [3.63, 3.8) is 0 Å². The molecule has 4 aromatic rings. The Kier molecular flexibility index (Phi) is 5.26. The molecule has 0 radical (unpaired) electrons. The zero-order valence-corrected chi connectivity index (χ0v) is 15.7. The fourth-order valence-electron chi connectivity index (χ4n) is 3.19. The van der Waals surface area contributed by atoms with Crippen LogP contribution in [0.4, 0.5) is 13.2 Å². The van der Waals surface area contributed by atoms with Gasteiger partial charge in [0.2, 0.25) is 5.91 Å². The van der Waals surface area contributed by atoms with Gasteiger partial charge in [0.1, 0.15) is 12.4 Å². The highest BCUT2D eigenvalue weighted by atomic mass is 19.4. The molecular weight excluding hydrogens is 395 g/mol. The summed E-state index contributed by atoms with van der Waals surface area (Å²) in [6.07, 6.45) is -2.94. The highest BCUT2D eigenvalue weighted by Crippen LogP contribution is 2.27. The lowest BCUT2D eigenvalue weighted by molar-refractivity contribution is -0.141. The number of nitrogens with one attached hydrogen (secondary N) is 2. The number of alkyl halides is 3. The summed E-state index contributed by atoms with van der Waals surface area (Å²) < 4.78 is 39.1. The summed E-state index contributed by atoms with van der Waals surface area (Å²) in [5.41, 5.74) is 1.55. The second kappa shape index (κ2) is 8.02. The van der Waals surface area contributed by atoms with Crippen molar-refractivity contribution in [3.8, 4) is 0 Å². The van der Waals surface area contributed by atoms with Crippen molar-refractivity contribution < 1.29 is 18.0 Å². The lowest BCUT2D eigenvalue weighted by Crippen LogP contribution is -2.33. The number of H-pyrrole nitrogens is 1. The standard InChI is InChI=1S/C21H18F3N5O/c22-21(23,24)18-10-11-29(28-18)13-19(30)25-17(12-14-6-2-1-3-7-14)20-26-15-8-4-5-9-16(15)27-20/h1-11,17H,12-13H2,(H,25,30)(H,26,27)/t17-/m0/s1. The van der Waals surface area contributed by atoms with Crippen molar-refractivity contribution in [2.75, 3.05) is 0 Å². The van der Waals surface area contributed by atoms with E-state index in [1.54, 1.807) is 0 Å². The van der Waals surface area contributed by atoms with Gasteiger partial charge in [0, 0.05) is 6.20 Å². The van der Waals surface area contributed by atoms with Gasteiger partial charge in [-0.15, -0.1) is 0 Å². The summed E-state index contributed by atoms with van der Waals surface area (Å²) in [6, 6.07) is 17.4. The van der Waals surface area contributed by atoms with Crippen LogP contribution in [0.1, 0.15) is 23.1 Å². The first kappa shape index (κ1) is 19.7. The predicted octanol–water partition coefficient (Wildman–Crippen LogP) is 3.88. The third-order valence-electron chi connectivity index (χ3n) is 4.59. The molecule has 2 aromatic heterocycles. The minimum absolute atomic E-state index is 0.332. The number of aromatic amines is 1. The molecule has 0 saturated carbocycles. The summed E-state index contributed by atoms with van der Waals surface area (Å²) in [4.78, 5) is 20.3. The summed E-state index contributed by atoms with van der Waals surface area (Å²) in [6.45, 7) is -0.332. The Morgan fingerprint density at radius 2 is 1.80 bits per heavy atom. The van der Waals surface area contributed by atoms with Gasteiger partial charge in [-0.25, -0.2) is 4.98 Å². The molecular formula is C21H18F3N5O. The molecule has 0 spiro atoms. The van der Waals surface area contributed by atoms with E-state index in [-0.39, 0.29) is 6.54 Å². The number of hydrogen-bond donors (Lipinski definition) is 2. The van der Waals surface area contributed by atoms with E-state index in [1.807, 2.05) is 54.6 Å². The number of nitrogens with zero attached hydrogens (tertiary/aromatic N) is 3. The van der Waals surface area contributed by atoms with E-state index < -0.39 is 23.8 Å². The Balaban J connectivity index is 1.54. The van der Waals surface area contributed by atoms with Crippen LogP contribution in [0.25, 0.3) is 11.0 Å². The smallest absolute Gasteiger partial charge is 0.344 e. The third kappa shape index (κ3) is 4.51. The maximum Gasteiger partial charge on any atom is 0.435 e. The van der Waals surface area contributed by atoms with Crippen molar-refractivity contribution in [1.82, 2.24) is 25.1 Å². The third-order valence-corrected chi connectivity index (χ3v) is 4.59. The Hall–Kier alpha value is -3.62. The zero-order chi connectivity index (χ0) is 21.1. The van der Waals surface area contributed by atoms with Gasteiger partial charge < -0.3 is 10.3 Å². The van der Waals surface area contributed by atoms with Crippen LogP contribution < -0.4 is 5.32 Å². The summed E-state index contributed by atoms with van der Waals surface area (Å²) >= 11 is 0. The number of amides is 1. The molecule has 0 unspecified atom stereocenters. The molecule has 0 fully saturated rings. The van der Waals surface area contributed by atoms with E-state index in [0.29, 0.717) is 12.2 Å². The summed E-state index contributed by atoms with van der Waals surface area (Å²) in [5.74, 6) is 0.109. The number of rotatable bonds is 6. The molecule has 2 N–H and O–H groups in total.